The van der Waals surface area contributed by atoms with E-state index in [1.165, 1.54) is 0 Å². The normalized spacial score (nSPS) is 23.9. The van der Waals surface area contributed by atoms with E-state index in [-0.39, 0.29) is 30.6 Å². The number of hydrogen-bond donors (Lipinski definition) is 3. The summed E-state index contributed by atoms with van der Waals surface area (Å²) in [7, 11) is 0. The molecular formula is C33H45N3O5. The van der Waals surface area contributed by atoms with Gasteiger partial charge in [-0.25, -0.2) is 4.79 Å². The average Bonchev–Trinajstić information content (AvgIpc) is 2.97. The molecule has 3 amide bonds. The number of amides is 3. The van der Waals surface area contributed by atoms with Crippen molar-refractivity contribution in [3.63, 3.8) is 0 Å². The maximum Gasteiger partial charge on any atom is 0.329 e. The molecule has 0 aliphatic carbocycles. The third kappa shape index (κ3) is 9.17. The topological polar surface area (TPSA) is 114 Å². The lowest BCUT2D eigenvalue weighted by molar-refractivity contribution is -0.158. The molecule has 2 aromatic rings. The minimum absolute atomic E-state index is 0.0654. The Bertz CT molecular complexity index is 1170. The first kappa shape index (κ1) is 31.8. The largest absolute Gasteiger partial charge is 0.460 e. The molecule has 1 aliphatic rings. The molecule has 3 N–H and O–H groups in total. The summed E-state index contributed by atoms with van der Waals surface area (Å²) in [5, 5.41) is 8.39. The summed E-state index contributed by atoms with van der Waals surface area (Å²) in [5.74, 6) is -2.13. The van der Waals surface area contributed by atoms with E-state index >= 15 is 0 Å². The van der Waals surface area contributed by atoms with Gasteiger partial charge in [0.25, 0.3) is 0 Å². The van der Waals surface area contributed by atoms with Crippen molar-refractivity contribution in [2.45, 2.75) is 97.4 Å². The lowest BCUT2D eigenvalue weighted by atomic mass is 9.94. The number of hydrogen-bond acceptors (Lipinski definition) is 5. The van der Waals surface area contributed by atoms with E-state index in [1.807, 2.05) is 75.4 Å². The molecule has 222 valence electrons. The van der Waals surface area contributed by atoms with Gasteiger partial charge in [-0.15, -0.1) is 0 Å². The number of esters is 1. The predicted molar refractivity (Wildman–Crippen MR) is 160 cm³/mol. The van der Waals surface area contributed by atoms with Crippen molar-refractivity contribution in [2.75, 3.05) is 0 Å². The fourth-order valence-electron chi connectivity index (χ4n) is 4.97. The molecular weight excluding hydrogens is 518 g/mol. The minimum Gasteiger partial charge on any atom is -0.460 e. The van der Waals surface area contributed by atoms with Crippen LogP contribution in [0.5, 0.6) is 0 Å². The molecule has 6 atom stereocenters. The quantitative estimate of drug-likeness (QED) is 0.387. The molecule has 0 aromatic heterocycles. The average molecular weight is 564 g/mol. The highest BCUT2D eigenvalue weighted by Gasteiger charge is 2.35. The Hall–Kier alpha value is -3.68. The van der Waals surface area contributed by atoms with E-state index in [4.69, 9.17) is 4.74 Å². The summed E-state index contributed by atoms with van der Waals surface area (Å²) in [6.07, 6.45) is 2.84. The Kier molecular flexibility index (Phi) is 11.9. The van der Waals surface area contributed by atoms with Gasteiger partial charge in [0.05, 0.1) is 6.42 Å². The molecule has 0 radical (unpaired) electrons. The minimum atomic E-state index is -0.915. The summed E-state index contributed by atoms with van der Waals surface area (Å²) in [6, 6.07) is 15.1. The molecule has 0 spiro atoms. The van der Waals surface area contributed by atoms with Crippen molar-refractivity contribution in [1.82, 2.24) is 16.0 Å². The standard InChI is InChI=1S/C33H45N3O5/c1-6-8-12-22(4)28-20-29(37)35-27(19-24-15-17-26(18-16-24)25-13-10-9-11-14-25)32(39)34-23(5)31(38)36-30(21(3)7-2)33(40)41-28/h9-11,13-18,21-23,27-28,30H,6-8,12,19-20H2,1-5H3,(H,34,39)(H,35,37)(H,36,38)/t21-,22-,23-,27+,28+,30+/m0/s1. The van der Waals surface area contributed by atoms with Crippen LogP contribution >= 0.6 is 0 Å². The molecule has 1 aliphatic heterocycles. The molecule has 1 heterocycles. The van der Waals surface area contributed by atoms with Crippen LogP contribution in [0, 0.1) is 11.8 Å². The highest BCUT2D eigenvalue weighted by atomic mass is 16.5. The van der Waals surface area contributed by atoms with Gasteiger partial charge < -0.3 is 20.7 Å². The molecule has 0 unspecified atom stereocenters. The summed E-state index contributed by atoms with van der Waals surface area (Å²) in [5.41, 5.74) is 2.99. The molecule has 0 bridgehead atoms. The van der Waals surface area contributed by atoms with E-state index in [1.54, 1.807) is 6.92 Å². The summed E-state index contributed by atoms with van der Waals surface area (Å²) < 4.78 is 5.93. The van der Waals surface area contributed by atoms with Crippen LogP contribution in [0.3, 0.4) is 0 Å². The van der Waals surface area contributed by atoms with E-state index < -0.39 is 42.0 Å². The second kappa shape index (κ2) is 15.4. The number of unbranched alkanes of at least 4 members (excludes halogenated alkanes) is 1. The van der Waals surface area contributed by atoms with Crippen LogP contribution in [0.2, 0.25) is 0 Å². The zero-order valence-electron chi connectivity index (χ0n) is 24.9. The Labute approximate surface area is 244 Å². The molecule has 1 saturated heterocycles. The van der Waals surface area contributed by atoms with Crippen LogP contribution in [0.4, 0.5) is 0 Å². The molecule has 8 nitrogen and oxygen atoms in total. The number of ether oxygens (including phenoxy) is 1. The number of cyclic esters (lactones) is 1. The number of rotatable bonds is 9. The van der Waals surface area contributed by atoms with Crippen LogP contribution in [-0.4, -0.2) is 47.9 Å². The second-order valence-corrected chi connectivity index (χ2v) is 11.3. The zero-order valence-corrected chi connectivity index (χ0v) is 24.9. The van der Waals surface area contributed by atoms with Crippen molar-refractivity contribution in [1.29, 1.82) is 0 Å². The van der Waals surface area contributed by atoms with Gasteiger partial charge in [0.1, 0.15) is 24.2 Å². The fraction of sp³-hybridized carbons (Fsp3) is 0.515. The maximum atomic E-state index is 13.4. The van der Waals surface area contributed by atoms with Gasteiger partial charge in [0.2, 0.25) is 17.7 Å². The summed E-state index contributed by atoms with van der Waals surface area (Å²) in [4.78, 5) is 53.1. The lowest BCUT2D eigenvalue weighted by Crippen LogP contribution is -2.55. The SMILES string of the molecule is CCCC[C@H](C)[C@H]1CC(=O)N[C@H](Cc2ccc(-c3ccccc3)cc2)C(=O)N[C@@H](C)C(=O)N[C@H]([C@@H](C)CC)C(=O)O1. The van der Waals surface area contributed by atoms with Crippen LogP contribution in [0.25, 0.3) is 11.1 Å². The Morgan fingerprint density at radius 3 is 2.12 bits per heavy atom. The Morgan fingerprint density at radius 1 is 0.829 bits per heavy atom. The zero-order chi connectivity index (χ0) is 29.9. The van der Waals surface area contributed by atoms with Gasteiger partial charge in [0.15, 0.2) is 0 Å². The number of carbonyl (C=O) groups is 4. The highest BCUT2D eigenvalue weighted by molar-refractivity contribution is 5.94. The highest BCUT2D eigenvalue weighted by Crippen LogP contribution is 2.22. The lowest BCUT2D eigenvalue weighted by Gasteiger charge is -2.29. The molecule has 8 heteroatoms. The van der Waals surface area contributed by atoms with E-state index in [2.05, 4.69) is 22.9 Å². The third-order valence-electron chi connectivity index (χ3n) is 7.97. The van der Waals surface area contributed by atoms with Gasteiger partial charge in [0, 0.05) is 6.42 Å². The first-order chi connectivity index (χ1) is 19.6. The van der Waals surface area contributed by atoms with E-state index in [0.717, 1.165) is 36.0 Å². The summed E-state index contributed by atoms with van der Waals surface area (Å²) in [6.45, 7) is 9.42. The summed E-state index contributed by atoms with van der Waals surface area (Å²) >= 11 is 0. The maximum absolute atomic E-state index is 13.4. The van der Waals surface area contributed by atoms with Gasteiger partial charge in [-0.2, -0.15) is 0 Å². The number of nitrogens with one attached hydrogen (secondary N) is 3. The third-order valence-corrected chi connectivity index (χ3v) is 7.97. The van der Waals surface area contributed by atoms with Crippen molar-refractivity contribution < 1.29 is 23.9 Å². The number of carbonyl (C=O) groups excluding carboxylic acids is 4. The van der Waals surface area contributed by atoms with Crippen molar-refractivity contribution in [3.05, 3.63) is 60.2 Å². The fourth-order valence-corrected chi connectivity index (χ4v) is 4.97. The Morgan fingerprint density at radius 2 is 1.49 bits per heavy atom. The smallest absolute Gasteiger partial charge is 0.329 e. The van der Waals surface area contributed by atoms with Crippen molar-refractivity contribution >= 4 is 23.7 Å². The van der Waals surface area contributed by atoms with Gasteiger partial charge in [-0.05, 0) is 41.9 Å². The van der Waals surface area contributed by atoms with Gasteiger partial charge >= 0.3 is 5.97 Å². The van der Waals surface area contributed by atoms with Gasteiger partial charge in [-0.1, -0.05) is 102 Å². The van der Waals surface area contributed by atoms with Crippen LogP contribution in [-0.2, 0) is 30.3 Å². The van der Waals surface area contributed by atoms with Crippen LogP contribution in [0.1, 0.15) is 72.3 Å². The first-order valence-electron chi connectivity index (χ1n) is 14.9. The predicted octanol–water partition coefficient (Wildman–Crippen LogP) is 4.56. The monoisotopic (exact) mass is 563 g/mol. The van der Waals surface area contributed by atoms with E-state index in [0.29, 0.717) is 6.42 Å². The van der Waals surface area contributed by atoms with E-state index in [9.17, 15) is 19.2 Å². The molecule has 41 heavy (non-hydrogen) atoms. The Balaban J connectivity index is 1.87. The van der Waals surface area contributed by atoms with Crippen molar-refractivity contribution in [3.8, 4) is 11.1 Å². The number of benzene rings is 2. The van der Waals surface area contributed by atoms with Crippen molar-refractivity contribution in [2.24, 2.45) is 11.8 Å². The van der Waals surface area contributed by atoms with Crippen LogP contribution < -0.4 is 16.0 Å². The molecule has 2 aromatic carbocycles. The molecule has 0 saturated carbocycles. The first-order valence-corrected chi connectivity index (χ1v) is 14.9. The molecule has 3 rings (SSSR count). The van der Waals surface area contributed by atoms with Gasteiger partial charge in [-0.3, -0.25) is 14.4 Å². The molecule has 1 fully saturated rings. The second-order valence-electron chi connectivity index (χ2n) is 11.3. The van der Waals surface area contributed by atoms with Crippen LogP contribution in [0.15, 0.2) is 54.6 Å².